The molecule has 1 rings (SSSR count). The number of aliphatic hydroxyl groups is 1. The van der Waals surface area contributed by atoms with Gasteiger partial charge in [0.25, 0.3) is 0 Å². The van der Waals surface area contributed by atoms with Crippen molar-refractivity contribution in [3.63, 3.8) is 0 Å². The lowest BCUT2D eigenvalue weighted by atomic mass is 10.0. The van der Waals surface area contributed by atoms with Crippen LogP contribution in [0.15, 0.2) is 30.3 Å². The first-order valence-electron chi connectivity index (χ1n) is 6.32. The van der Waals surface area contributed by atoms with Crippen LogP contribution < -0.4 is 10.6 Å². The van der Waals surface area contributed by atoms with Crippen LogP contribution in [0.5, 0.6) is 0 Å². The zero-order chi connectivity index (χ0) is 13.4. The first-order valence-corrected chi connectivity index (χ1v) is 6.32. The van der Waals surface area contributed by atoms with Crippen LogP contribution in [-0.2, 0) is 4.79 Å². The van der Waals surface area contributed by atoms with E-state index in [0.717, 1.165) is 5.56 Å². The Hall–Kier alpha value is -1.39. The minimum Gasteiger partial charge on any atom is -0.392 e. The van der Waals surface area contributed by atoms with E-state index in [2.05, 4.69) is 10.6 Å². The predicted octanol–water partition coefficient (Wildman–Crippen LogP) is 0.877. The lowest BCUT2D eigenvalue weighted by Crippen LogP contribution is -2.36. The Morgan fingerprint density at radius 1 is 1.22 bits per heavy atom. The molecule has 0 spiro atoms. The molecule has 0 heterocycles. The molecule has 0 saturated heterocycles. The van der Waals surface area contributed by atoms with Crippen molar-refractivity contribution in [1.29, 1.82) is 0 Å². The fourth-order valence-corrected chi connectivity index (χ4v) is 1.63. The van der Waals surface area contributed by atoms with E-state index in [1.807, 2.05) is 37.3 Å². The Bertz CT molecular complexity index is 352. The second-order valence-corrected chi connectivity index (χ2v) is 4.48. The zero-order valence-electron chi connectivity index (χ0n) is 11.0. The second-order valence-electron chi connectivity index (χ2n) is 4.48. The van der Waals surface area contributed by atoms with Crippen LogP contribution in [0.25, 0.3) is 0 Å². The second kappa shape index (κ2) is 7.84. The molecule has 2 unspecified atom stereocenters. The number of rotatable bonds is 7. The topological polar surface area (TPSA) is 61.4 Å². The number of aliphatic hydroxyl groups excluding tert-OH is 1. The van der Waals surface area contributed by atoms with Crippen molar-refractivity contribution in [2.75, 3.05) is 19.6 Å². The number of carbonyl (C=O) groups is 1. The first kappa shape index (κ1) is 14.7. The maximum Gasteiger partial charge on any atom is 0.227 e. The summed E-state index contributed by atoms with van der Waals surface area (Å²) in [4.78, 5) is 11.9. The Morgan fingerprint density at radius 3 is 2.50 bits per heavy atom. The van der Waals surface area contributed by atoms with Crippen molar-refractivity contribution in [2.45, 2.75) is 25.9 Å². The maximum atomic E-state index is 11.9. The Labute approximate surface area is 108 Å². The molecule has 1 amide bonds. The van der Waals surface area contributed by atoms with Gasteiger partial charge in [-0.05, 0) is 19.4 Å². The van der Waals surface area contributed by atoms with Gasteiger partial charge in [0.1, 0.15) is 0 Å². The zero-order valence-corrected chi connectivity index (χ0v) is 11.0. The van der Waals surface area contributed by atoms with Crippen molar-refractivity contribution >= 4 is 5.91 Å². The van der Waals surface area contributed by atoms with E-state index in [-0.39, 0.29) is 17.9 Å². The van der Waals surface area contributed by atoms with Gasteiger partial charge in [-0.15, -0.1) is 0 Å². The molecule has 18 heavy (non-hydrogen) atoms. The van der Waals surface area contributed by atoms with Crippen molar-refractivity contribution in [2.24, 2.45) is 0 Å². The highest BCUT2D eigenvalue weighted by molar-refractivity contribution is 5.83. The number of nitrogens with one attached hydrogen (secondary N) is 2. The minimum absolute atomic E-state index is 0.0278. The van der Waals surface area contributed by atoms with E-state index < -0.39 is 0 Å². The van der Waals surface area contributed by atoms with Crippen LogP contribution in [0.1, 0.15) is 25.3 Å². The van der Waals surface area contributed by atoms with Crippen LogP contribution in [0.4, 0.5) is 0 Å². The van der Waals surface area contributed by atoms with Crippen molar-refractivity contribution in [3.8, 4) is 0 Å². The van der Waals surface area contributed by atoms with E-state index >= 15 is 0 Å². The molecule has 0 bridgehead atoms. The third-order valence-electron chi connectivity index (χ3n) is 2.73. The molecule has 0 fully saturated rings. The van der Waals surface area contributed by atoms with E-state index in [1.54, 1.807) is 6.92 Å². The normalized spacial score (nSPS) is 13.9. The van der Waals surface area contributed by atoms with Gasteiger partial charge in [0.2, 0.25) is 5.91 Å². The Kier molecular flexibility index (Phi) is 6.39. The maximum absolute atomic E-state index is 11.9. The molecule has 3 N–H and O–H groups in total. The molecular weight excluding hydrogens is 228 g/mol. The van der Waals surface area contributed by atoms with Crippen LogP contribution >= 0.6 is 0 Å². The van der Waals surface area contributed by atoms with Crippen LogP contribution in [0, 0.1) is 0 Å². The fraction of sp³-hybridized carbons (Fsp3) is 0.500. The van der Waals surface area contributed by atoms with Gasteiger partial charge in [0.15, 0.2) is 0 Å². The largest absolute Gasteiger partial charge is 0.392 e. The van der Waals surface area contributed by atoms with Crippen LogP contribution in [0.2, 0.25) is 0 Å². The number of benzene rings is 1. The predicted molar refractivity (Wildman–Crippen MR) is 72.4 cm³/mol. The van der Waals surface area contributed by atoms with E-state index in [1.165, 1.54) is 0 Å². The highest BCUT2D eigenvalue weighted by Crippen LogP contribution is 2.13. The van der Waals surface area contributed by atoms with Crippen LogP contribution in [-0.4, -0.2) is 36.8 Å². The van der Waals surface area contributed by atoms with Crippen molar-refractivity contribution < 1.29 is 9.90 Å². The molecular formula is C14H22N2O2. The highest BCUT2D eigenvalue weighted by atomic mass is 16.3. The molecule has 0 aliphatic rings. The monoisotopic (exact) mass is 250 g/mol. The lowest BCUT2D eigenvalue weighted by molar-refractivity contribution is -0.122. The molecule has 1 aromatic carbocycles. The molecule has 100 valence electrons. The van der Waals surface area contributed by atoms with Crippen LogP contribution in [0.3, 0.4) is 0 Å². The molecule has 0 aromatic heterocycles. The Balaban J connectivity index is 2.25. The molecule has 0 aliphatic carbocycles. The van der Waals surface area contributed by atoms with Gasteiger partial charge in [-0.3, -0.25) is 4.79 Å². The van der Waals surface area contributed by atoms with Gasteiger partial charge in [-0.25, -0.2) is 0 Å². The molecule has 2 atom stereocenters. The summed E-state index contributed by atoms with van der Waals surface area (Å²) in [5.41, 5.74) is 1.02. The first-order chi connectivity index (χ1) is 8.61. The van der Waals surface area contributed by atoms with Gasteiger partial charge in [0, 0.05) is 19.6 Å². The van der Waals surface area contributed by atoms with Gasteiger partial charge in [-0.1, -0.05) is 30.3 Å². The van der Waals surface area contributed by atoms with E-state index in [4.69, 9.17) is 5.11 Å². The summed E-state index contributed by atoms with van der Waals surface area (Å²) < 4.78 is 0. The summed E-state index contributed by atoms with van der Waals surface area (Å²) in [7, 11) is 0. The Morgan fingerprint density at radius 2 is 1.89 bits per heavy atom. The van der Waals surface area contributed by atoms with Gasteiger partial charge < -0.3 is 15.7 Å². The standard InChI is InChI=1S/C14H22N2O2/c1-11(17)10-15-8-9-16-14(18)12(2)13-6-4-3-5-7-13/h3-7,11-12,15,17H,8-10H2,1-2H3,(H,16,18). The smallest absolute Gasteiger partial charge is 0.227 e. The van der Waals surface area contributed by atoms with E-state index in [0.29, 0.717) is 19.6 Å². The highest BCUT2D eigenvalue weighted by Gasteiger charge is 2.13. The third kappa shape index (κ3) is 5.29. The quantitative estimate of drug-likeness (QED) is 0.629. The molecule has 4 heteroatoms. The summed E-state index contributed by atoms with van der Waals surface area (Å²) in [5.74, 6) is -0.108. The van der Waals surface area contributed by atoms with Crippen molar-refractivity contribution in [3.05, 3.63) is 35.9 Å². The SMILES string of the molecule is CC(O)CNCCNC(=O)C(C)c1ccccc1. The van der Waals surface area contributed by atoms with Gasteiger partial charge in [-0.2, -0.15) is 0 Å². The number of hydrogen-bond donors (Lipinski definition) is 3. The number of amides is 1. The van der Waals surface area contributed by atoms with Gasteiger partial charge >= 0.3 is 0 Å². The lowest BCUT2D eigenvalue weighted by Gasteiger charge is -2.13. The molecule has 0 radical (unpaired) electrons. The summed E-state index contributed by atoms with van der Waals surface area (Å²) in [6.07, 6.45) is -0.357. The van der Waals surface area contributed by atoms with Crippen molar-refractivity contribution in [1.82, 2.24) is 10.6 Å². The molecule has 0 aliphatic heterocycles. The molecule has 0 saturated carbocycles. The third-order valence-corrected chi connectivity index (χ3v) is 2.73. The summed E-state index contributed by atoms with van der Waals surface area (Å²) in [6, 6.07) is 9.71. The van der Waals surface area contributed by atoms with E-state index in [9.17, 15) is 4.79 Å². The average molecular weight is 250 g/mol. The van der Waals surface area contributed by atoms with Gasteiger partial charge in [0.05, 0.1) is 12.0 Å². The minimum atomic E-state index is -0.357. The summed E-state index contributed by atoms with van der Waals surface area (Å²) in [6.45, 7) is 5.40. The fourth-order valence-electron chi connectivity index (χ4n) is 1.63. The molecule has 4 nitrogen and oxygen atoms in total. The molecule has 1 aromatic rings. The summed E-state index contributed by atoms with van der Waals surface area (Å²) >= 11 is 0. The number of hydrogen-bond acceptors (Lipinski definition) is 3. The number of carbonyl (C=O) groups excluding carboxylic acids is 1. The average Bonchev–Trinajstić information content (AvgIpc) is 2.38. The summed E-state index contributed by atoms with van der Waals surface area (Å²) in [5, 5.41) is 15.0.